The standard InChI is InChI=1S/C10H23N/c1-5-7-10(6-2)8-11-9(3)4/h9-11H,5-8H2,1-4H3/t10-/m1/s1. The van der Waals surface area contributed by atoms with Gasteiger partial charge in [0.15, 0.2) is 0 Å². The molecule has 0 aliphatic carbocycles. The molecule has 0 radical (unpaired) electrons. The zero-order chi connectivity index (χ0) is 8.69. The molecule has 0 fully saturated rings. The van der Waals surface area contributed by atoms with Crippen LogP contribution < -0.4 is 5.32 Å². The van der Waals surface area contributed by atoms with Crippen molar-refractivity contribution in [3.05, 3.63) is 0 Å². The summed E-state index contributed by atoms with van der Waals surface area (Å²) in [6.07, 6.45) is 4.00. The van der Waals surface area contributed by atoms with Gasteiger partial charge in [0.2, 0.25) is 0 Å². The summed E-state index contributed by atoms with van der Waals surface area (Å²) in [4.78, 5) is 0. The van der Waals surface area contributed by atoms with Gasteiger partial charge in [-0.1, -0.05) is 40.5 Å². The lowest BCUT2D eigenvalue weighted by molar-refractivity contribution is 0.410. The Labute approximate surface area is 71.6 Å². The van der Waals surface area contributed by atoms with E-state index in [-0.39, 0.29) is 0 Å². The van der Waals surface area contributed by atoms with E-state index in [0.29, 0.717) is 6.04 Å². The summed E-state index contributed by atoms with van der Waals surface area (Å²) in [6, 6.07) is 0.640. The molecule has 1 atom stereocenters. The third-order valence-corrected chi connectivity index (χ3v) is 2.09. The molecule has 1 N–H and O–H groups in total. The second-order valence-electron chi connectivity index (χ2n) is 3.63. The van der Waals surface area contributed by atoms with Gasteiger partial charge in [-0.3, -0.25) is 0 Å². The SMILES string of the molecule is CCC[C@@H](CC)CNC(C)C. The summed E-state index contributed by atoms with van der Waals surface area (Å²) in [6.45, 7) is 10.2. The maximum absolute atomic E-state index is 3.48. The van der Waals surface area contributed by atoms with Crippen molar-refractivity contribution in [3.63, 3.8) is 0 Å². The Balaban J connectivity index is 3.35. The van der Waals surface area contributed by atoms with E-state index in [1.54, 1.807) is 0 Å². The van der Waals surface area contributed by atoms with Crippen LogP contribution in [-0.4, -0.2) is 12.6 Å². The fraction of sp³-hybridized carbons (Fsp3) is 1.00. The van der Waals surface area contributed by atoms with Crippen LogP contribution in [0.2, 0.25) is 0 Å². The lowest BCUT2D eigenvalue weighted by Gasteiger charge is -2.16. The molecule has 0 aromatic carbocycles. The number of nitrogens with one attached hydrogen (secondary N) is 1. The average Bonchev–Trinajstić information content (AvgIpc) is 1.97. The van der Waals surface area contributed by atoms with Gasteiger partial charge in [-0.25, -0.2) is 0 Å². The lowest BCUT2D eigenvalue weighted by Crippen LogP contribution is -2.28. The van der Waals surface area contributed by atoms with Crippen molar-refractivity contribution in [2.45, 2.75) is 53.0 Å². The van der Waals surface area contributed by atoms with Crippen LogP contribution in [0, 0.1) is 5.92 Å². The highest BCUT2D eigenvalue weighted by atomic mass is 14.9. The molecule has 0 saturated carbocycles. The van der Waals surface area contributed by atoms with Crippen LogP contribution in [-0.2, 0) is 0 Å². The highest BCUT2D eigenvalue weighted by Crippen LogP contribution is 2.08. The second kappa shape index (κ2) is 6.66. The van der Waals surface area contributed by atoms with Gasteiger partial charge in [0.25, 0.3) is 0 Å². The van der Waals surface area contributed by atoms with E-state index < -0.39 is 0 Å². The van der Waals surface area contributed by atoms with Crippen molar-refractivity contribution in [2.24, 2.45) is 5.92 Å². The van der Waals surface area contributed by atoms with Gasteiger partial charge < -0.3 is 5.32 Å². The molecule has 0 spiro atoms. The molecule has 0 aliphatic heterocycles. The topological polar surface area (TPSA) is 12.0 Å². The molecule has 0 rings (SSSR count). The molecule has 0 amide bonds. The summed E-state index contributed by atoms with van der Waals surface area (Å²) in [5.74, 6) is 0.891. The van der Waals surface area contributed by atoms with Crippen LogP contribution in [0.4, 0.5) is 0 Å². The van der Waals surface area contributed by atoms with Crippen molar-refractivity contribution in [1.29, 1.82) is 0 Å². The minimum absolute atomic E-state index is 0.640. The first-order chi connectivity index (χ1) is 5.20. The predicted octanol–water partition coefficient (Wildman–Crippen LogP) is 2.81. The summed E-state index contributed by atoms with van der Waals surface area (Å²) in [5, 5.41) is 3.48. The highest BCUT2D eigenvalue weighted by Gasteiger charge is 2.04. The lowest BCUT2D eigenvalue weighted by atomic mass is 10.0. The first-order valence-corrected chi connectivity index (χ1v) is 4.94. The number of rotatable bonds is 6. The summed E-state index contributed by atoms with van der Waals surface area (Å²) in [5.41, 5.74) is 0. The van der Waals surface area contributed by atoms with Crippen molar-refractivity contribution >= 4 is 0 Å². The van der Waals surface area contributed by atoms with Gasteiger partial charge in [0, 0.05) is 6.04 Å². The third kappa shape index (κ3) is 6.36. The Bertz CT molecular complexity index is 78.9. The molecular weight excluding hydrogens is 134 g/mol. The molecule has 11 heavy (non-hydrogen) atoms. The van der Waals surface area contributed by atoms with Gasteiger partial charge >= 0.3 is 0 Å². The zero-order valence-corrected chi connectivity index (χ0v) is 8.48. The Hall–Kier alpha value is -0.0400. The van der Waals surface area contributed by atoms with Crippen molar-refractivity contribution in [2.75, 3.05) is 6.54 Å². The van der Waals surface area contributed by atoms with Gasteiger partial charge in [-0.15, -0.1) is 0 Å². The zero-order valence-electron chi connectivity index (χ0n) is 8.48. The van der Waals surface area contributed by atoms with Crippen LogP contribution in [0.25, 0.3) is 0 Å². The predicted molar refractivity (Wildman–Crippen MR) is 51.8 cm³/mol. The van der Waals surface area contributed by atoms with Gasteiger partial charge in [0.05, 0.1) is 0 Å². The molecule has 0 saturated heterocycles. The molecule has 0 aromatic heterocycles. The Morgan fingerprint density at radius 2 is 1.82 bits per heavy atom. The average molecular weight is 157 g/mol. The molecule has 1 nitrogen and oxygen atoms in total. The van der Waals surface area contributed by atoms with Crippen LogP contribution in [0.1, 0.15) is 47.0 Å². The maximum atomic E-state index is 3.48. The smallest absolute Gasteiger partial charge is 0.00104 e. The van der Waals surface area contributed by atoms with E-state index in [4.69, 9.17) is 0 Å². The minimum atomic E-state index is 0.640. The molecule has 0 aromatic rings. The highest BCUT2D eigenvalue weighted by molar-refractivity contribution is 4.62. The normalized spacial score (nSPS) is 13.9. The number of hydrogen-bond acceptors (Lipinski definition) is 1. The molecule has 0 heterocycles. The monoisotopic (exact) mass is 157 g/mol. The molecule has 0 aliphatic rings. The van der Waals surface area contributed by atoms with Crippen LogP contribution >= 0.6 is 0 Å². The molecule has 1 heteroatoms. The van der Waals surface area contributed by atoms with E-state index in [1.807, 2.05) is 0 Å². The van der Waals surface area contributed by atoms with Crippen LogP contribution in [0.15, 0.2) is 0 Å². The maximum Gasteiger partial charge on any atom is 0.00104 e. The first kappa shape index (κ1) is 11.0. The fourth-order valence-electron chi connectivity index (χ4n) is 1.26. The van der Waals surface area contributed by atoms with E-state index >= 15 is 0 Å². The summed E-state index contributed by atoms with van der Waals surface area (Å²) < 4.78 is 0. The largest absolute Gasteiger partial charge is 0.314 e. The first-order valence-electron chi connectivity index (χ1n) is 4.94. The molecule has 0 bridgehead atoms. The van der Waals surface area contributed by atoms with E-state index in [9.17, 15) is 0 Å². The Morgan fingerprint density at radius 1 is 1.18 bits per heavy atom. The molecular formula is C10H23N. The van der Waals surface area contributed by atoms with E-state index in [2.05, 4.69) is 33.0 Å². The Morgan fingerprint density at radius 3 is 2.18 bits per heavy atom. The Kier molecular flexibility index (Phi) is 6.63. The van der Waals surface area contributed by atoms with Crippen molar-refractivity contribution in [1.82, 2.24) is 5.32 Å². The van der Waals surface area contributed by atoms with E-state index in [1.165, 1.54) is 25.8 Å². The van der Waals surface area contributed by atoms with Crippen molar-refractivity contribution in [3.8, 4) is 0 Å². The molecule has 68 valence electrons. The summed E-state index contributed by atoms with van der Waals surface area (Å²) in [7, 11) is 0. The van der Waals surface area contributed by atoms with Gasteiger partial charge in [-0.05, 0) is 18.9 Å². The summed E-state index contributed by atoms with van der Waals surface area (Å²) >= 11 is 0. The fourth-order valence-corrected chi connectivity index (χ4v) is 1.26. The van der Waals surface area contributed by atoms with E-state index in [0.717, 1.165) is 5.92 Å². The second-order valence-corrected chi connectivity index (χ2v) is 3.63. The van der Waals surface area contributed by atoms with Crippen molar-refractivity contribution < 1.29 is 0 Å². The number of hydrogen-bond donors (Lipinski definition) is 1. The molecule has 0 unspecified atom stereocenters. The van der Waals surface area contributed by atoms with Crippen LogP contribution in [0.3, 0.4) is 0 Å². The van der Waals surface area contributed by atoms with Crippen LogP contribution in [0.5, 0.6) is 0 Å². The third-order valence-electron chi connectivity index (χ3n) is 2.09. The quantitative estimate of drug-likeness (QED) is 0.625. The minimum Gasteiger partial charge on any atom is -0.314 e. The van der Waals surface area contributed by atoms with Gasteiger partial charge in [-0.2, -0.15) is 0 Å². The van der Waals surface area contributed by atoms with Gasteiger partial charge in [0.1, 0.15) is 0 Å².